The topological polar surface area (TPSA) is 114 Å². The first-order valence-corrected chi connectivity index (χ1v) is 19.2. The number of alkyl halides is 3. The highest BCUT2D eigenvalue weighted by Crippen LogP contribution is 2.42. The molecule has 4 aromatic rings. The zero-order chi connectivity index (χ0) is 39.1. The predicted octanol–water partition coefficient (Wildman–Crippen LogP) is 6.69. The lowest BCUT2D eigenvalue weighted by atomic mass is 10.1. The summed E-state index contributed by atoms with van der Waals surface area (Å²) in [6.07, 6.45) is 0.124. The van der Waals surface area contributed by atoms with Crippen LogP contribution in [0, 0.1) is 17.8 Å². The van der Waals surface area contributed by atoms with Gasteiger partial charge in [0.25, 0.3) is 0 Å². The highest BCUT2D eigenvalue weighted by atomic mass is 19.1. The van der Waals surface area contributed by atoms with Crippen LogP contribution in [0.3, 0.4) is 0 Å². The third kappa shape index (κ3) is 7.96. The van der Waals surface area contributed by atoms with Crippen molar-refractivity contribution in [1.29, 1.82) is 0 Å². The molecule has 0 N–H and O–H groups in total. The molecule has 11 nitrogen and oxygen atoms in total. The normalized spacial score (nSPS) is 24.7. The average molecular weight is 772 g/mol. The SMILES string of the molecule is COc1ccc(CN(Cc2ccc(OC)cc2)c2nc(N3CCCC3CCOC(=O)C3CC3F)cc3cc(N(C(=O)C4CC4F)C(=O)C4CC4F)ncc23)cc1. The number of halogens is 3. The van der Waals surface area contributed by atoms with E-state index in [4.69, 9.17) is 19.2 Å². The summed E-state index contributed by atoms with van der Waals surface area (Å²) < 4.78 is 58.2. The minimum absolute atomic E-state index is 0.00165. The number of pyridine rings is 2. The van der Waals surface area contributed by atoms with Crippen molar-refractivity contribution in [1.82, 2.24) is 9.97 Å². The van der Waals surface area contributed by atoms with Crippen molar-refractivity contribution < 1.29 is 41.8 Å². The molecule has 0 bridgehead atoms. The van der Waals surface area contributed by atoms with Gasteiger partial charge in [-0.05, 0) is 85.0 Å². The molecule has 0 spiro atoms. The minimum atomic E-state index is -1.36. The second-order valence-corrected chi connectivity index (χ2v) is 15.2. The van der Waals surface area contributed by atoms with E-state index >= 15 is 0 Å². The molecule has 14 heteroatoms. The van der Waals surface area contributed by atoms with Crippen LogP contribution in [0.1, 0.15) is 49.7 Å². The first kappa shape index (κ1) is 37.5. The van der Waals surface area contributed by atoms with Gasteiger partial charge in [-0.2, -0.15) is 0 Å². The van der Waals surface area contributed by atoms with Crippen LogP contribution >= 0.6 is 0 Å². The molecule has 0 radical (unpaired) electrons. The van der Waals surface area contributed by atoms with Crippen molar-refractivity contribution in [3.8, 4) is 11.5 Å². The molecule has 4 fully saturated rings. The molecule has 3 aliphatic carbocycles. The van der Waals surface area contributed by atoms with E-state index in [1.165, 1.54) is 0 Å². The van der Waals surface area contributed by atoms with Gasteiger partial charge in [0.1, 0.15) is 47.5 Å². The Morgan fingerprint density at radius 2 is 1.36 bits per heavy atom. The largest absolute Gasteiger partial charge is 0.497 e. The zero-order valence-electron chi connectivity index (χ0n) is 31.3. The van der Waals surface area contributed by atoms with Crippen molar-refractivity contribution in [3.63, 3.8) is 0 Å². The van der Waals surface area contributed by atoms with Gasteiger partial charge in [0.15, 0.2) is 0 Å². The second kappa shape index (κ2) is 15.6. The summed E-state index contributed by atoms with van der Waals surface area (Å²) in [4.78, 5) is 54.4. The van der Waals surface area contributed by atoms with Gasteiger partial charge >= 0.3 is 5.97 Å². The van der Waals surface area contributed by atoms with Crippen LogP contribution in [0.2, 0.25) is 0 Å². The number of fused-ring (bicyclic) bond motifs is 1. The summed E-state index contributed by atoms with van der Waals surface area (Å²) in [5, 5.41) is 1.26. The van der Waals surface area contributed by atoms with E-state index in [1.54, 1.807) is 26.5 Å². The van der Waals surface area contributed by atoms with E-state index < -0.39 is 54.1 Å². The van der Waals surface area contributed by atoms with Crippen LogP contribution in [-0.4, -0.2) is 79.7 Å². The first-order valence-electron chi connectivity index (χ1n) is 19.2. The summed E-state index contributed by atoms with van der Waals surface area (Å²) in [7, 11) is 3.22. The summed E-state index contributed by atoms with van der Waals surface area (Å²) in [5.74, 6) is -1.92. The van der Waals surface area contributed by atoms with Crippen LogP contribution < -0.4 is 24.2 Å². The number of esters is 1. The van der Waals surface area contributed by atoms with Gasteiger partial charge < -0.3 is 24.0 Å². The molecule has 56 heavy (non-hydrogen) atoms. The predicted molar refractivity (Wildman–Crippen MR) is 203 cm³/mol. The second-order valence-electron chi connectivity index (χ2n) is 15.2. The number of carbonyl (C=O) groups is 3. The van der Waals surface area contributed by atoms with Crippen LogP contribution in [0.5, 0.6) is 11.5 Å². The van der Waals surface area contributed by atoms with Gasteiger partial charge in [-0.1, -0.05) is 24.3 Å². The van der Waals surface area contributed by atoms with Gasteiger partial charge in [0.05, 0.1) is 38.6 Å². The number of hydrogen-bond donors (Lipinski definition) is 0. The Balaban J connectivity index is 1.20. The van der Waals surface area contributed by atoms with Crippen LogP contribution in [0.4, 0.5) is 30.6 Å². The molecular weight excluding hydrogens is 727 g/mol. The van der Waals surface area contributed by atoms with E-state index in [1.807, 2.05) is 54.6 Å². The highest BCUT2D eigenvalue weighted by Gasteiger charge is 2.53. The Bertz CT molecular complexity index is 2030. The Labute approximate surface area is 322 Å². The molecule has 7 unspecified atom stereocenters. The smallest absolute Gasteiger partial charge is 0.312 e. The van der Waals surface area contributed by atoms with Gasteiger partial charge in [-0.3, -0.25) is 14.4 Å². The third-order valence-electron chi connectivity index (χ3n) is 11.1. The number of nitrogens with zero attached hydrogens (tertiary/aromatic N) is 5. The lowest BCUT2D eigenvalue weighted by Gasteiger charge is -2.30. The fourth-order valence-corrected chi connectivity index (χ4v) is 7.48. The minimum Gasteiger partial charge on any atom is -0.497 e. The molecule has 1 aliphatic heterocycles. The summed E-state index contributed by atoms with van der Waals surface area (Å²) in [6, 6.07) is 18.9. The van der Waals surface area contributed by atoms with Crippen molar-refractivity contribution in [2.75, 3.05) is 42.1 Å². The molecule has 2 aromatic heterocycles. The number of carbonyl (C=O) groups excluding carboxylic acids is 3. The number of ether oxygens (including phenoxy) is 3. The Morgan fingerprint density at radius 3 is 1.88 bits per heavy atom. The molecule has 4 aliphatic rings. The third-order valence-corrected chi connectivity index (χ3v) is 11.1. The maximum absolute atomic E-state index is 14.2. The van der Waals surface area contributed by atoms with Crippen molar-refractivity contribution in [2.45, 2.75) is 76.2 Å². The molecule has 1 saturated heterocycles. The quantitative estimate of drug-likeness (QED) is 0.0957. The van der Waals surface area contributed by atoms with E-state index in [2.05, 4.69) is 14.8 Å². The van der Waals surface area contributed by atoms with Gasteiger partial charge in [-0.25, -0.2) is 28.0 Å². The lowest BCUT2D eigenvalue weighted by molar-refractivity contribution is -0.145. The van der Waals surface area contributed by atoms with Crippen molar-refractivity contribution >= 4 is 46.0 Å². The maximum Gasteiger partial charge on any atom is 0.312 e. The van der Waals surface area contributed by atoms with Gasteiger partial charge in [-0.15, -0.1) is 0 Å². The number of benzene rings is 2. The number of methoxy groups -OCH3 is 2. The molecule has 8 rings (SSSR count). The molecule has 3 heterocycles. The molecule has 2 aromatic carbocycles. The monoisotopic (exact) mass is 771 g/mol. The zero-order valence-corrected chi connectivity index (χ0v) is 31.3. The van der Waals surface area contributed by atoms with Crippen LogP contribution in [0.25, 0.3) is 10.8 Å². The number of aromatic nitrogens is 2. The van der Waals surface area contributed by atoms with Crippen LogP contribution in [-0.2, 0) is 32.2 Å². The highest BCUT2D eigenvalue weighted by molar-refractivity contribution is 6.18. The molecular formula is C42H44F3N5O6. The van der Waals surface area contributed by atoms with Crippen molar-refractivity contribution in [2.24, 2.45) is 17.8 Å². The fraction of sp³-hybridized carbons (Fsp3) is 0.452. The van der Waals surface area contributed by atoms with E-state index in [0.717, 1.165) is 28.9 Å². The number of hydrogen-bond acceptors (Lipinski definition) is 10. The van der Waals surface area contributed by atoms with Crippen molar-refractivity contribution in [3.05, 3.63) is 78.0 Å². The van der Waals surface area contributed by atoms with E-state index in [9.17, 15) is 27.6 Å². The van der Waals surface area contributed by atoms with Crippen LogP contribution in [0.15, 0.2) is 66.9 Å². The number of anilines is 3. The molecule has 7 atom stereocenters. The molecule has 3 saturated carbocycles. The number of imide groups is 1. The number of amides is 2. The van der Waals surface area contributed by atoms with Gasteiger partial charge in [0, 0.05) is 43.7 Å². The Hall–Kier alpha value is -5.40. The van der Waals surface area contributed by atoms with Gasteiger partial charge in [0.2, 0.25) is 11.8 Å². The Kier molecular flexibility index (Phi) is 10.5. The summed E-state index contributed by atoms with van der Waals surface area (Å²) in [6.45, 7) is 1.68. The standard InChI is InChI=1S/C42H44F3N5O6/c1-54-28-9-5-24(6-10-28)22-48(23-25-7-11-29(55-2)12-8-25)39-33-21-46-37(50(40(51)30-18-34(30)43)41(52)31-19-35(31)44)16-26(33)17-38(47-39)49-14-3-4-27(49)13-15-56-42(53)32-20-36(32)45/h5-12,16-17,21,27,30-32,34-36H,3-4,13-15,18-20,22-23H2,1-2H3. The average Bonchev–Trinajstić information content (AvgIpc) is 4.18. The van der Waals surface area contributed by atoms with E-state index in [-0.39, 0.29) is 37.7 Å². The number of rotatable bonds is 15. The van der Waals surface area contributed by atoms with E-state index in [0.29, 0.717) is 60.0 Å². The molecule has 294 valence electrons. The fourth-order valence-electron chi connectivity index (χ4n) is 7.48. The Morgan fingerprint density at radius 1 is 0.804 bits per heavy atom. The summed E-state index contributed by atoms with van der Waals surface area (Å²) in [5.41, 5.74) is 1.96. The first-order chi connectivity index (χ1) is 27.1. The molecule has 2 amide bonds. The summed E-state index contributed by atoms with van der Waals surface area (Å²) >= 11 is 0. The lowest BCUT2D eigenvalue weighted by Crippen LogP contribution is -2.40. The maximum atomic E-state index is 14.2.